The van der Waals surface area contributed by atoms with Crippen molar-refractivity contribution in [2.24, 2.45) is 0 Å². The first kappa shape index (κ1) is 28.6. The first-order valence-electron chi connectivity index (χ1n) is 13.6. The van der Waals surface area contributed by atoms with E-state index in [0.717, 1.165) is 40.5 Å². The number of benzene rings is 2. The van der Waals surface area contributed by atoms with Gasteiger partial charge in [0.2, 0.25) is 5.91 Å². The fourth-order valence-electron chi connectivity index (χ4n) is 4.70. The van der Waals surface area contributed by atoms with Crippen LogP contribution in [0.2, 0.25) is 0 Å². The Morgan fingerprint density at radius 1 is 0.892 bits per heavy atom. The summed E-state index contributed by atoms with van der Waals surface area (Å²) in [6.45, 7) is 15.4. The van der Waals surface area contributed by atoms with Crippen molar-refractivity contribution in [3.05, 3.63) is 47.0 Å². The highest BCUT2D eigenvalue weighted by atomic mass is 16.5. The molecule has 204 valence electrons. The minimum atomic E-state index is -0.126. The Balaban J connectivity index is 2.04. The number of carbonyl (C=O) groups excluding carboxylic acids is 1. The van der Waals surface area contributed by atoms with Gasteiger partial charge in [-0.1, -0.05) is 6.07 Å². The molecule has 0 fully saturated rings. The number of ether oxygens (including phenoxy) is 4. The molecule has 0 aliphatic carbocycles. The molecule has 0 saturated carbocycles. The number of nitrogens with zero attached hydrogens (tertiary/aromatic N) is 2. The van der Waals surface area contributed by atoms with Crippen molar-refractivity contribution < 1.29 is 23.7 Å². The largest absolute Gasteiger partial charge is 0.490 e. The molecule has 3 rings (SSSR count). The van der Waals surface area contributed by atoms with E-state index >= 15 is 0 Å². The second-order valence-electron chi connectivity index (χ2n) is 9.58. The minimum Gasteiger partial charge on any atom is -0.490 e. The summed E-state index contributed by atoms with van der Waals surface area (Å²) in [7, 11) is 2.00. The van der Waals surface area contributed by atoms with Crippen molar-refractivity contribution in [3.8, 4) is 23.0 Å². The van der Waals surface area contributed by atoms with E-state index in [-0.39, 0.29) is 18.0 Å². The van der Waals surface area contributed by atoms with Crippen LogP contribution in [0.25, 0.3) is 0 Å². The van der Waals surface area contributed by atoms with Crippen LogP contribution in [0.1, 0.15) is 64.3 Å². The maximum Gasteiger partial charge on any atom is 0.237 e. The quantitative estimate of drug-likeness (QED) is 0.363. The van der Waals surface area contributed by atoms with Gasteiger partial charge in [-0.2, -0.15) is 0 Å². The lowest BCUT2D eigenvalue weighted by Crippen LogP contribution is -2.46. The Labute approximate surface area is 222 Å². The molecule has 1 amide bonds. The van der Waals surface area contributed by atoms with Crippen LogP contribution in [-0.2, 0) is 17.6 Å². The number of likely N-dealkylation sites (N-methyl/N-ethyl adjacent to an activating group) is 1. The van der Waals surface area contributed by atoms with E-state index in [1.165, 1.54) is 5.56 Å². The smallest absolute Gasteiger partial charge is 0.237 e. The molecule has 1 unspecified atom stereocenters. The number of carbonyl (C=O) groups is 1. The van der Waals surface area contributed by atoms with Gasteiger partial charge in [0.05, 0.1) is 39.0 Å². The maximum absolute atomic E-state index is 13.6. The van der Waals surface area contributed by atoms with Gasteiger partial charge in [0.15, 0.2) is 23.0 Å². The third kappa shape index (κ3) is 7.10. The predicted molar refractivity (Wildman–Crippen MR) is 147 cm³/mol. The second-order valence-corrected chi connectivity index (χ2v) is 9.58. The van der Waals surface area contributed by atoms with E-state index in [1.54, 1.807) is 0 Å². The zero-order valence-corrected chi connectivity index (χ0v) is 23.6. The van der Waals surface area contributed by atoms with Gasteiger partial charge in [0, 0.05) is 12.6 Å². The highest BCUT2D eigenvalue weighted by molar-refractivity contribution is 5.79. The SMILES string of the molecule is CCOc1ccc(CC2c3cc(OCC)c(OCC)cc3CCN2C(=O)CN(C)C(C)C)cc1OCC. The third-order valence-electron chi connectivity index (χ3n) is 6.79. The maximum atomic E-state index is 13.6. The minimum absolute atomic E-state index is 0.126. The lowest BCUT2D eigenvalue weighted by atomic mass is 9.88. The molecule has 0 spiro atoms. The zero-order chi connectivity index (χ0) is 26.9. The van der Waals surface area contributed by atoms with E-state index in [9.17, 15) is 4.79 Å². The summed E-state index contributed by atoms with van der Waals surface area (Å²) < 4.78 is 23.5. The lowest BCUT2D eigenvalue weighted by molar-refractivity contribution is -0.135. The second kappa shape index (κ2) is 13.6. The molecular formula is C30H44N2O5. The molecular weight excluding hydrogens is 468 g/mol. The van der Waals surface area contributed by atoms with Crippen LogP contribution in [0.5, 0.6) is 23.0 Å². The summed E-state index contributed by atoms with van der Waals surface area (Å²) in [5.41, 5.74) is 3.41. The molecule has 1 aliphatic rings. The Morgan fingerprint density at radius 3 is 2.05 bits per heavy atom. The van der Waals surface area contributed by atoms with Gasteiger partial charge >= 0.3 is 0 Å². The number of amides is 1. The van der Waals surface area contributed by atoms with E-state index < -0.39 is 0 Å². The van der Waals surface area contributed by atoms with Crippen LogP contribution >= 0.6 is 0 Å². The highest BCUT2D eigenvalue weighted by Gasteiger charge is 2.33. The predicted octanol–water partition coefficient (Wildman–Crippen LogP) is 5.29. The van der Waals surface area contributed by atoms with Gasteiger partial charge in [-0.15, -0.1) is 0 Å². The summed E-state index contributed by atoms with van der Waals surface area (Å²) in [5, 5.41) is 0. The third-order valence-corrected chi connectivity index (χ3v) is 6.79. The van der Waals surface area contributed by atoms with Gasteiger partial charge in [-0.05, 0) is 102 Å². The molecule has 2 aromatic rings. The standard InChI is InChI=1S/C30H44N2O5/c1-8-34-26-13-12-22(17-27(26)35-9-2)16-25-24-19-29(37-11-4)28(36-10-3)18-23(24)14-15-32(25)30(33)20-31(7)21(5)6/h12-13,17-19,21,25H,8-11,14-16,20H2,1-7H3. The molecule has 7 heteroatoms. The fourth-order valence-corrected chi connectivity index (χ4v) is 4.70. The van der Waals surface area contributed by atoms with Crippen molar-refractivity contribution in [3.63, 3.8) is 0 Å². The summed E-state index contributed by atoms with van der Waals surface area (Å²) in [6.07, 6.45) is 1.44. The van der Waals surface area contributed by atoms with Crippen molar-refractivity contribution >= 4 is 5.91 Å². The van der Waals surface area contributed by atoms with Gasteiger partial charge < -0.3 is 23.8 Å². The zero-order valence-electron chi connectivity index (χ0n) is 23.6. The lowest BCUT2D eigenvalue weighted by Gasteiger charge is -2.39. The van der Waals surface area contributed by atoms with Gasteiger partial charge in [0.25, 0.3) is 0 Å². The molecule has 1 aliphatic heterocycles. The average molecular weight is 513 g/mol. The van der Waals surface area contributed by atoms with Crippen molar-refractivity contribution in [2.75, 3.05) is 46.6 Å². The molecule has 37 heavy (non-hydrogen) atoms. The van der Waals surface area contributed by atoms with Gasteiger partial charge in [0.1, 0.15) is 0 Å². The molecule has 7 nitrogen and oxygen atoms in total. The van der Waals surface area contributed by atoms with Crippen molar-refractivity contribution in [1.29, 1.82) is 0 Å². The summed E-state index contributed by atoms with van der Waals surface area (Å²) in [6, 6.07) is 10.4. The van der Waals surface area contributed by atoms with Crippen molar-refractivity contribution in [2.45, 2.75) is 66.5 Å². The van der Waals surface area contributed by atoms with E-state index in [4.69, 9.17) is 18.9 Å². The van der Waals surface area contributed by atoms with Crippen LogP contribution in [-0.4, -0.2) is 68.3 Å². The number of hydrogen-bond donors (Lipinski definition) is 0. The van der Waals surface area contributed by atoms with Crippen LogP contribution in [0, 0.1) is 0 Å². The summed E-state index contributed by atoms with van der Waals surface area (Å²) in [5.74, 6) is 3.10. The summed E-state index contributed by atoms with van der Waals surface area (Å²) >= 11 is 0. The summed E-state index contributed by atoms with van der Waals surface area (Å²) in [4.78, 5) is 17.7. The molecule has 0 bridgehead atoms. The highest BCUT2D eigenvalue weighted by Crippen LogP contribution is 2.41. The first-order valence-corrected chi connectivity index (χ1v) is 13.6. The Bertz CT molecular complexity index is 1040. The molecule has 0 radical (unpaired) electrons. The van der Waals surface area contributed by atoms with Gasteiger partial charge in [-0.3, -0.25) is 9.69 Å². The van der Waals surface area contributed by atoms with Gasteiger partial charge in [-0.25, -0.2) is 0 Å². The molecule has 2 aromatic carbocycles. The van der Waals surface area contributed by atoms with E-state index in [2.05, 4.69) is 36.9 Å². The van der Waals surface area contributed by atoms with Crippen molar-refractivity contribution in [1.82, 2.24) is 9.80 Å². The molecule has 0 aromatic heterocycles. The molecule has 0 saturated heterocycles. The first-order chi connectivity index (χ1) is 17.8. The average Bonchev–Trinajstić information content (AvgIpc) is 2.86. The number of rotatable bonds is 13. The monoisotopic (exact) mass is 512 g/mol. The molecule has 1 atom stereocenters. The Kier molecular flexibility index (Phi) is 10.5. The van der Waals surface area contributed by atoms with Crippen LogP contribution in [0.4, 0.5) is 0 Å². The fraction of sp³-hybridized carbons (Fsp3) is 0.567. The van der Waals surface area contributed by atoms with Crippen LogP contribution < -0.4 is 18.9 Å². The topological polar surface area (TPSA) is 60.5 Å². The number of hydrogen-bond acceptors (Lipinski definition) is 6. The van der Waals surface area contributed by atoms with E-state index in [1.807, 2.05) is 51.8 Å². The van der Waals surface area contributed by atoms with E-state index in [0.29, 0.717) is 45.9 Å². The van der Waals surface area contributed by atoms with Crippen LogP contribution in [0.3, 0.4) is 0 Å². The normalized spacial score (nSPS) is 15.1. The molecule has 0 N–H and O–H groups in total. The van der Waals surface area contributed by atoms with Crippen LogP contribution in [0.15, 0.2) is 30.3 Å². The Hall–Kier alpha value is -2.93. The Morgan fingerprint density at radius 2 is 1.46 bits per heavy atom. The number of fused-ring (bicyclic) bond motifs is 1. The molecule has 1 heterocycles.